The number of benzene rings is 2. The van der Waals surface area contributed by atoms with Crippen LogP contribution in [0.15, 0.2) is 47.6 Å². The zero-order chi connectivity index (χ0) is 20.1. The van der Waals surface area contributed by atoms with Crippen molar-refractivity contribution in [2.24, 2.45) is 0 Å². The van der Waals surface area contributed by atoms with Gasteiger partial charge in [0.1, 0.15) is 5.75 Å². The molecule has 0 aliphatic heterocycles. The summed E-state index contributed by atoms with van der Waals surface area (Å²) in [7, 11) is 1.61. The lowest BCUT2D eigenvalue weighted by Crippen LogP contribution is -2.25. The molecule has 0 aliphatic carbocycles. The van der Waals surface area contributed by atoms with E-state index in [4.69, 9.17) is 27.9 Å². The minimum Gasteiger partial charge on any atom is -0.495 e. The van der Waals surface area contributed by atoms with Crippen molar-refractivity contribution in [2.45, 2.75) is 18.6 Å². The summed E-state index contributed by atoms with van der Waals surface area (Å²) in [5.41, 5.74) is 1.11. The van der Waals surface area contributed by atoms with Gasteiger partial charge in [-0.25, -0.2) is 0 Å². The van der Waals surface area contributed by atoms with Crippen molar-refractivity contribution in [1.82, 2.24) is 20.1 Å². The second-order valence-corrected chi connectivity index (χ2v) is 7.72. The maximum atomic E-state index is 12.6. The molecule has 0 saturated heterocycles. The first kappa shape index (κ1) is 20.5. The Morgan fingerprint density at radius 3 is 2.75 bits per heavy atom. The smallest absolute Gasteiger partial charge is 0.253 e. The van der Waals surface area contributed by atoms with Crippen molar-refractivity contribution in [1.29, 1.82) is 0 Å². The number of methoxy groups -OCH3 is 1. The van der Waals surface area contributed by atoms with Gasteiger partial charge in [-0.15, -0.1) is 10.2 Å². The Morgan fingerprint density at radius 2 is 2.00 bits per heavy atom. The molecule has 3 aromatic rings. The number of aromatic nitrogens is 3. The van der Waals surface area contributed by atoms with Crippen molar-refractivity contribution < 1.29 is 9.53 Å². The zero-order valence-electron chi connectivity index (χ0n) is 15.3. The van der Waals surface area contributed by atoms with Gasteiger partial charge in [0.2, 0.25) is 0 Å². The fourth-order valence-electron chi connectivity index (χ4n) is 2.62. The van der Waals surface area contributed by atoms with Crippen molar-refractivity contribution in [3.63, 3.8) is 0 Å². The molecule has 9 heteroatoms. The van der Waals surface area contributed by atoms with Crippen LogP contribution in [0.25, 0.3) is 5.69 Å². The van der Waals surface area contributed by atoms with Crippen molar-refractivity contribution in [2.75, 3.05) is 12.9 Å². The molecular weight excluding hydrogens is 419 g/mol. The fraction of sp³-hybridized carbons (Fsp3) is 0.211. The van der Waals surface area contributed by atoms with Crippen molar-refractivity contribution >= 4 is 40.9 Å². The highest BCUT2D eigenvalue weighted by Gasteiger charge is 2.18. The lowest BCUT2D eigenvalue weighted by molar-refractivity contribution is 0.0950. The SMILES string of the molecule is CCSc1nnc(CNC(=O)c2cc(Cl)ccc2Cl)n1-c1ccccc1OC. The predicted molar refractivity (Wildman–Crippen MR) is 112 cm³/mol. The first-order valence-corrected chi connectivity index (χ1v) is 10.2. The molecule has 146 valence electrons. The summed E-state index contributed by atoms with van der Waals surface area (Å²) in [4.78, 5) is 12.6. The van der Waals surface area contributed by atoms with Crippen LogP contribution in [0.2, 0.25) is 10.0 Å². The molecule has 2 aromatic carbocycles. The minimum atomic E-state index is -0.341. The number of ether oxygens (including phenoxy) is 1. The molecule has 28 heavy (non-hydrogen) atoms. The van der Waals surface area contributed by atoms with Crippen LogP contribution >= 0.6 is 35.0 Å². The number of rotatable bonds is 7. The van der Waals surface area contributed by atoms with E-state index >= 15 is 0 Å². The molecule has 0 bridgehead atoms. The third-order valence-corrected chi connectivity index (χ3v) is 5.26. The number of nitrogens with zero attached hydrogens (tertiary/aromatic N) is 3. The van der Waals surface area contributed by atoms with Crippen molar-refractivity contribution in [3.8, 4) is 11.4 Å². The average molecular weight is 437 g/mol. The molecule has 0 fully saturated rings. The maximum Gasteiger partial charge on any atom is 0.253 e. The Hall–Kier alpha value is -2.22. The molecule has 0 radical (unpaired) electrons. The Bertz CT molecular complexity index is 994. The Balaban J connectivity index is 1.90. The predicted octanol–water partition coefficient (Wildman–Crippen LogP) is 4.62. The molecule has 1 aromatic heterocycles. The van der Waals surface area contributed by atoms with Crippen LogP contribution in [0.4, 0.5) is 0 Å². The van der Waals surface area contributed by atoms with Gasteiger partial charge in [0.15, 0.2) is 11.0 Å². The molecule has 0 unspecified atom stereocenters. The molecule has 1 N–H and O–H groups in total. The van der Waals surface area contributed by atoms with E-state index in [1.54, 1.807) is 31.0 Å². The van der Waals surface area contributed by atoms with Gasteiger partial charge in [0.25, 0.3) is 5.91 Å². The van der Waals surface area contributed by atoms with E-state index in [1.165, 1.54) is 6.07 Å². The Labute approximate surface area is 177 Å². The topological polar surface area (TPSA) is 69.0 Å². The van der Waals surface area contributed by atoms with E-state index in [1.807, 2.05) is 35.8 Å². The van der Waals surface area contributed by atoms with Crippen molar-refractivity contribution in [3.05, 3.63) is 63.9 Å². The second kappa shape index (κ2) is 9.32. The van der Waals surface area contributed by atoms with Gasteiger partial charge in [-0.3, -0.25) is 9.36 Å². The molecule has 1 amide bonds. The lowest BCUT2D eigenvalue weighted by Gasteiger charge is -2.14. The summed E-state index contributed by atoms with van der Waals surface area (Å²) in [6, 6.07) is 12.3. The van der Waals surface area contributed by atoms with E-state index in [2.05, 4.69) is 15.5 Å². The van der Waals surface area contributed by atoms with Gasteiger partial charge in [0.05, 0.1) is 29.9 Å². The Morgan fingerprint density at radius 1 is 1.21 bits per heavy atom. The third kappa shape index (κ3) is 4.43. The number of nitrogens with one attached hydrogen (secondary N) is 1. The largest absolute Gasteiger partial charge is 0.495 e. The highest BCUT2D eigenvalue weighted by molar-refractivity contribution is 7.99. The van der Waals surface area contributed by atoms with Crippen LogP contribution in [0.3, 0.4) is 0 Å². The molecule has 6 nitrogen and oxygen atoms in total. The van der Waals surface area contributed by atoms with Gasteiger partial charge in [0, 0.05) is 5.02 Å². The van der Waals surface area contributed by atoms with Crippen LogP contribution in [-0.2, 0) is 6.54 Å². The van der Waals surface area contributed by atoms with Gasteiger partial charge in [-0.2, -0.15) is 0 Å². The standard InChI is InChI=1S/C19H18Cl2N4O2S/c1-3-28-19-24-23-17(25(19)15-6-4-5-7-16(15)27-2)11-22-18(26)13-10-12(20)8-9-14(13)21/h4-10H,3,11H2,1-2H3,(H,22,26). The Kier molecular flexibility index (Phi) is 6.83. The quantitative estimate of drug-likeness (QED) is 0.546. The number of carbonyl (C=O) groups is 1. The third-order valence-electron chi connectivity index (χ3n) is 3.88. The molecule has 0 aliphatic rings. The molecule has 0 atom stereocenters. The summed E-state index contributed by atoms with van der Waals surface area (Å²) in [6.45, 7) is 2.20. The van der Waals surface area contributed by atoms with Gasteiger partial charge in [-0.1, -0.05) is 54.0 Å². The van der Waals surface area contributed by atoms with E-state index in [0.717, 1.165) is 16.6 Å². The summed E-state index contributed by atoms with van der Waals surface area (Å²) >= 11 is 13.6. The molecule has 1 heterocycles. The van der Waals surface area contributed by atoms with Gasteiger partial charge < -0.3 is 10.1 Å². The first-order chi connectivity index (χ1) is 13.5. The number of para-hydroxylation sites is 2. The molecule has 0 spiro atoms. The highest BCUT2D eigenvalue weighted by atomic mass is 35.5. The van der Waals surface area contributed by atoms with E-state index in [0.29, 0.717) is 27.2 Å². The summed E-state index contributed by atoms with van der Waals surface area (Å²) < 4.78 is 7.36. The first-order valence-electron chi connectivity index (χ1n) is 8.48. The molecule has 0 saturated carbocycles. The zero-order valence-corrected chi connectivity index (χ0v) is 17.6. The summed E-state index contributed by atoms with van der Waals surface area (Å²) in [5.74, 6) is 1.75. The van der Waals surface area contributed by atoms with E-state index in [9.17, 15) is 4.79 Å². The van der Waals surface area contributed by atoms with E-state index in [-0.39, 0.29) is 12.5 Å². The van der Waals surface area contributed by atoms with Crippen LogP contribution in [0.5, 0.6) is 5.75 Å². The van der Waals surface area contributed by atoms with Gasteiger partial charge in [-0.05, 0) is 36.1 Å². The van der Waals surface area contributed by atoms with E-state index < -0.39 is 0 Å². The number of hydrogen-bond acceptors (Lipinski definition) is 5. The second-order valence-electron chi connectivity index (χ2n) is 5.65. The number of carbonyl (C=O) groups excluding carboxylic acids is 1. The number of halogens is 2. The number of thioether (sulfide) groups is 1. The maximum absolute atomic E-state index is 12.6. The molecular formula is C19H18Cl2N4O2S. The molecule has 3 rings (SSSR count). The van der Waals surface area contributed by atoms with Crippen LogP contribution in [0, 0.1) is 0 Å². The van der Waals surface area contributed by atoms with Crippen LogP contribution < -0.4 is 10.1 Å². The monoisotopic (exact) mass is 436 g/mol. The van der Waals surface area contributed by atoms with Crippen LogP contribution in [-0.4, -0.2) is 33.5 Å². The minimum absolute atomic E-state index is 0.164. The summed E-state index contributed by atoms with van der Waals surface area (Å²) in [6.07, 6.45) is 0. The van der Waals surface area contributed by atoms with Crippen LogP contribution in [0.1, 0.15) is 23.1 Å². The highest BCUT2D eigenvalue weighted by Crippen LogP contribution is 2.28. The van der Waals surface area contributed by atoms with Gasteiger partial charge >= 0.3 is 0 Å². The normalized spacial score (nSPS) is 10.7. The number of hydrogen-bond donors (Lipinski definition) is 1. The average Bonchev–Trinajstić information content (AvgIpc) is 3.10. The number of amides is 1. The lowest BCUT2D eigenvalue weighted by atomic mass is 10.2. The summed E-state index contributed by atoms with van der Waals surface area (Å²) in [5, 5.41) is 12.8. The fourth-order valence-corrected chi connectivity index (χ4v) is 3.68.